The van der Waals surface area contributed by atoms with E-state index in [9.17, 15) is 8.78 Å². The quantitative estimate of drug-likeness (QED) is 0.405. The molecule has 0 spiro atoms. The summed E-state index contributed by atoms with van der Waals surface area (Å²) in [6, 6.07) is 13.1. The van der Waals surface area contributed by atoms with Gasteiger partial charge in [0, 0.05) is 33.8 Å². The van der Waals surface area contributed by atoms with Gasteiger partial charge in [-0.1, -0.05) is 12.1 Å². The molecule has 0 saturated carbocycles. The van der Waals surface area contributed by atoms with Crippen LogP contribution in [0, 0.1) is 15.2 Å². The number of nitrogens with one attached hydrogen (secondary N) is 3. The molecule has 1 unspecified atom stereocenters. The molecular weight excluding hydrogens is 459 g/mol. The lowest BCUT2D eigenvalue weighted by Crippen LogP contribution is -2.53. The fraction of sp³-hybridized carbons (Fsp3) is 0.429. The summed E-state index contributed by atoms with van der Waals surface area (Å²) in [5.74, 6) is -1.65. The van der Waals surface area contributed by atoms with Gasteiger partial charge in [-0.15, -0.1) is 0 Å². The molecule has 3 rings (SSSR count). The first-order chi connectivity index (χ1) is 13.0. The number of piperidine rings is 1. The monoisotopic (exact) mass is 485 g/mol. The predicted molar refractivity (Wildman–Crippen MR) is 115 cm³/mol. The van der Waals surface area contributed by atoms with E-state index in [2.05, 4.69) is 69.7 Å². The van der Waals surface area contributed by atoms with Crippen molar-refractivity contribution in [3.63, 3.8) is 0 Å². The molecule has 2 aromatic carbocycles. The van der Waals surface area contributed by atoms with Gasteiger partial charge in [-0.05, 0) is 91.3 Å². The maximum Gasteiger partial charge on any atom is 0.160 e. The third-order valence-corrected chi connectivity index (χ3v) is 6.29. The van der Waals surface area contributed by atoms with Crippen LogP contribution in [0.5, 0.6) is 0 Å². The number of halogens is 3. The summed E-state index contributed by atoms with van der Waals surface area (Å²) < 4.78 is 27.5. The summed E-state index contributed by atoms with van der Waals surface area (Å²) in [7, 11) is 0. The Morgan fingerprint density at radius 1 is 1.04 bits per heavy atom. The zero-order valence-electron chi connectivity index (χ0n) is 15.5. The fourth-order valence-electron chi connectivity index (χ4n) is 3.92. The lowest BCUT2D eigenvalue weighted by Gasteiger charge is -2.43. The van der Waals surface area contributed by atoms with Crippen molar-refractivity contribution in [1.29, 1.82) is 0 Å². The Labute approximate surface area is 173 Å². The fourth-order valence-corrected chi connectivity index (χ4v) is 4.28. The van der Waals surface area contributed by atoms with Crippen molar-refractivity contribution >= 4 is 28.3 Å². The van der Waals surface area contributed by atoms with Gasteiger partial charge >= 0.3 is 0 Å². The van der Waals surface area contributed by atoms with Crippen LogP contribution in [-0.4, -0.2) is 32.2 Å². The topological polar surface area (TPSA) is 36.1 Å². The van der Waals surface area contributed by atoms with E-state index in [-0.39, 0.29) is 5.41 Å². The normalized spacial score (nSPS) is 17.5. The van der Waals surface area contributed by atoms with Crippen molar-refractivity contribution in [2.45, 2.75) is 31.2 Å². The van der Waals surface area contributed by atoms with Crippen LogP contribution in [0.3, 0.4) is 0 Å². The molecule has 3 N–H and O–H groups in total. The van der Waals surface area contributed by atoms with E-state index in [1.165, 1.54) is 15.2 Å². The minimum Gasteiger partial charge on any atom is -0.384 e. The lowest BCUT2D eigenvalue weighted by atomic mass is 9.68. The lowest BCUT2D eigenvalue weighted by molar-refractivity contribution is 0.236. The van der Waals surface area contributed by atoms with E-state index in [0.29, 0.717) is 18.3 Å². The molecule has 6 heteroatoms. The van der Waals surface area contributed by atoms with Gasteiger partial charge in [0.05, 0.1) is 0 Å². The molecule has 1 aliphatic heterocycles. The number of hydrogen-bond acceptors (Lipinski definition) is 3. The van der Waals surface area contributed by atoms with Crippen molar-refractivity contribution < 1.29 is 8.78 Å². The number of benzene rings is 2. The standard InChI is InChI=1S/C21H26F2IN3/c1-15(26-12-13-27-18-6-7-19(22)20(23)14-18)21(8-10-25-11-9-21)16-2-4-17(24)5-3-16/h2-7,14-15,25-27H,8-13H2,1H3. The maximum absolute atomic E-state index is 13.3. The van der Waals surface area contributed by atoms with Crippen LogP contribution in [0.4, 0.5) is 14.5 Å². The van der Waals surface area contributed by atoms with Crippen LogP contribution < -0.4 is 16.0 Å². The Morgan fingerprint density at radius 3 is 2.41 bits per heavy atom. The van der Waals surface area contributed by atoms with Crippen LogP contribution in [0.15, 0.2) is 42.5 Å². The molecule has 2 aromatic rings. The molecule has 0 aliphatic carbocycles. The Morgan fingerprint density at radius 2 is 1.74 bits per heavy atom. The molecule has 1 heterocycles. The highest BCUT2D eigenvalue weighted by Gasteiger charge is 2.38. The molecule has 3 nitrogen and oxygen atoms in total. The first-order valence-corrected chi connectivity index (χ1v) is 10.5. The maximum atomic E-state index is 13.3. The van der Waals surface area contributed by atoms with E-state index in [1.807, 2.05) is 0 Å². The van der Waals surface area contributed by atoms with Crippen molar-refractivity contribution in [2.75, 3.05) is 31.5 Å². The Kier molecular flexibility index (Phi) is 7.05. The highest BCUT2D eigenvalue weighted by Crippen LogP contribution is 2.37. The second kappa shape index (κ2) is 9.30. The summed E-state index contributed by atoms with van der Waals surface area (Å²) in [6.07, 6.45) is 2.19. The average Bonchev–Trinajstić information content (AvgIpc) is 2.69. The van der Waals surface area contributed by atoms with Gasteiger partial charge in [-0.2, -0.15) is 0 Å². The molecular formula is C21H26F2IN3. The zero-order chi connectivity index (χ0) is 19.3. The SMILES string of the molecule is CC(NCCNc1ccc(F)c(F)c1)C1(c2ccc(I)cc2)CCNCC1. The number of anilines is 1. The van der Waals surface area contributed by atoms with E-state index >= 15 is 0 Å². The van der Waals surface area contributed by atoms with Gasteiger partial charge in [0.25, 0.3) is 0 Å². The molecule has 1 fully saturated rings. The summed E-state index contributed by atoms with van der Waals surface area (Å²) in [4.78, 5) is 0. The molecule has 146 valence electrons. The van der Waals surface area contributed by atoms with Gasteiger partial charge in [0.15, 0.2) is 11.6 Å². The van der Waals surface area contributed by atoms with Crippen LogP contribution >= 0.6 is 22.6 Å². The Balaban J connectivity index is 1.60. The largest absolute Gasteiger partial charge is 0.384 e. The van der Waals surface area contributed by atoms with Gasteiger partial charge in [-0.25, -0.2) is 8.78 Å². The summed E-state index contributed by atoms with van der Waals surface area (Å²) in [6.45, 7) is 5.69. The van der Waals surface area contributed by atoms with Crippen molar-refractivity contribution in [2.24, 2.45) is 0 Å². The van der Waals surface area contributed by atoms with Crippen molar-refractivity contribution in [3.05, 3.63) is 63.2 Å². The number of rotatable bonds is 7. The highest BCUT2D eigenvalue weighted by molar-refractivity contribution is 14.1. The van der Waals surface area contributed by atoms with E-state index in [4.69, 9.17) is 0 Å². The predicted octanol–water partition coefficient (Wildman–Crippen LogP) is 4.28. The third-order valence-electron chi connectivity index (χ3n) is 5.57. The minimum absolute atomic E-state index is 0.109. The first kappa shape index (κ1) is 20.5. The van der Waals surface area contributed by atoms with Gasteiger partial charge in [0.1, 0.15) is 0 Å². The molecule has 1 atom stereocenters. The van der Waals surface area contributed by atoms with E-state index < -0.39 is 11.6 Å². The molecule has 0 bridgehead atoms. The molecule has 0 amide bonds. The summed E-state index contributed by atoms with van der Waals surface area (Å²) in [5, 5.41) is 10.3. The van der Waals surface area contributed by atoms with Gasteiger partial charge in [-0.3, -0.25) is 0 Å². The molecule has 1 saturated heterocycles. The van der Waals surface area contributed by atoms with E-state index in [0.717, 1.165) is 38.5 Å². The van der Waals surface area contributed by atoms with Crippen LogP contribution in [-0.2, 0) is 5.41 Å². The Bertz CT molecular complexity index is 746. The van der Waals surface area contributed by atoms with Gasteiger partial charge in [0.2, 0.25) is 0 Å². The summed E-state index contributed by atoms with van der Waals surface area (Å²) in [5.41, 5.74) is 2.09. The molecule has 0 radical (unpaired) electrons. The van der Waals surface area contributed by atoms with Crippen molar-refractivity contribution in [1.82, 2.24) is 10.6 Å². The first-order valence-electron chi connectivity index (χ1n) is 9.40. The molecule has 0 aromatic heterocycles. The van der Waals surface area contributed by atoms with Gasteiger partial charge < -0.3 is 16.0 Å². The number of hydrogen-bond donors (Lipinski definition) is 3. The van der Waals surface area contributed by atoms with Crippen LogP contribution in [0.2, 0.25) is 0 Å². The van der Waals surface area contributed by atoms with Crippen molar-refractivity contribution in [3.8, 4) is 0 Å². The average molecular weight is 485 g/mol. The minimum atomic E-state index is -0.825. The second-order valence-corrected chi connectivity index (χ2v) is 8.39. The van der Waals surface area contributed by atoms with Crippen LogP contribution in [0.25, 0.3) is 0 Å². The van der Waals surface area contributed by atoms with E-state index in [1.54, 1.807) is 6.07 Å². The van der Waals surface area contributed by atoms with Crippen LogP contribution in [0.1, 0.15) is 25.3 Å². The summed E-state index contributed by atoms with van der Waals surface area (Å²) >= 11 is 2.34. The smallest absolute Gasteiger partial charge is 0.160 e. The second-order valence-electron chi connectivity index (χ2n) is 7.14. The zero-order valence-corrected chi connectivity index (χ0v) is 17.7. The highest BCUT2D eigenvalue weighted by atomic mass is 127. The molecule has 27 heavy (non-hydrogen) atoms. The third kappa shape index (κ3) is 4.97. The Hall–Kier alpha value is -1.25. The molecule has 1 aliphatic rings.